The number of hydrogen-bond donors (Lipinski definition) is 0. The van der Waals surface area contributed by atoms with Crippen molar-refractivity contribution in [1.82, 2.24) is 9.97 Å². The molecule has 0 aliphatic carbocycles. The maximum atomic E-state index is 14.4. The molecule has 2 aliphatic heterocycles. The van der Waals surface area contributed by atoms with Crippen molar-refractivity contribution < 1.29 is 37.3 Å². The highest BCUT2D eigenvalue weighted by molar-refractivity contribution is 6.31. The van der Waals surface area contributed by atoms with Crippen LogP contribution in [0.25, 0.3) is 0 Å². The van der Waals surface area contributed by atoms with Crippen LogP contribution in [0.4, 0.5) is 8.78 Å². The van der Waals surface area contributed by atoms with Crippen LogP contribution in [0.5, 0.6) is 11.5 Å². The maximum Gasteiger partial charge on any atom is 0.315 e. The fourth-order valence-electron chi connectivity index (χ4n) is 7.60. The summed E-state index contributed by atoms with van der Waals surface area (Å²) in [5.41, 5.74) is 3.29. The van der Waals surface area contributed by atoms with Crippen molar-refractivity contribution in [3.05, 3.63) is 116 Å². The Labute approximate surface area is 362 Å². The Kier molecular flexibility index (Phi) is 15.9. The van der Waals surface area contributed by atoms with Gasteiger partial charge in [-0.15, -0.1) is 0 Å². The van der Waals surface area contributed by atoms with Crippen molar-refractivity contribution in [2.45, 2.75) is 91.8 Å². The number of carbonyl (C=O) groups is 1. The van der Waals surface area contributed by atoms with E-state index in [9.17, 15) is 18.8 Å². The lowest BCUT2D eigenvalue weighted by Crippen LogP contribution is -2.34. The number of nitriles is 1. The van der Waals surface area contributed by atoms with Crippen LogP contribution in [0.1, 0.15) is 106 Å². The molecule has 322 valence electrons. The van der Waals surface area contributed by atoms with E-state index in [1.54, 1.807) is 49.8 Å². The summed E-state index contributed by atoms with van der Waals surface area (Å²) in [5, 5.41) is 10.3. The molecule has 5 atom stereocenters. The van der Waals surface area contributed by atoms with Crippen LogP contribution < -0.4 is 9.47 Å². The van der Waals surface area contributed by atoms with Crippen molar-refractivity contribution in [3.63, 3.8) is 0 Å². The molecular weight excluding hydrogens is 811 g/mol. The monoisotopic (exact) mass is 865 g/mol. The van der Waals surface area contributed by atoms with E-state index in [2.05, 4.69) is 57.6 Å². The van der Waals surface area contributed by atoms with Crippen LogP contribution in [-0.2, 0) is 31.8 Å². The average Bonchev–Trinajstić information content (AvgIpc) is 3.62. The minimum Gasteiger partial charge on any atom is -0.495 e. The van der Waals surface area contributed by atoms with Gasteiger partial charge in [0.2, 0.25) is 0 Å². The number of halogens is 4. The molecule has 2 fully saturated rings. The van der Waals surface area contributed by atoms with E-state index in [4.69, 9.17) is 46.9 Å². The zero-order chi connectivity index (χ0) is 43.8. The molecule has 2 aliphatic rings. The van der Waals surface area contributed by atoms with E-state index in [0.29, 0.717) is 66.7 Å². The van der Waals surface area contributed by atoms with E-state index in [1.807, 2.05) is 6.07 Å². The first-order valence-electron chi connectivity index (χ1n) is 20.2. The summed E-state index contributed by atoms with van der Waals surface area (Å²) in [6, 6.07) is 15.9. The van der Waals surface area contributed by atoms with E-state index < -0.39 is 23.5 Å². The molecule has 0 amide bonds. The van der Waals surface area contributed by atoms with Gasteiger partial charge in [0, 0.05) is 43.7 Å². The highest BCUT2D eigenvalue weighted by atomic mass is 35.5. The van der Waals surface area contributed by atoms with E-state index in [0.717, 1.165) is 30.4 Å². The van der Waals surface area contributed by atoms with Crippen LogP contribution in [0.15, 0.2) is 60.9 Å². The molecule has 13 heteroatoms. The van der Waals surface area contributed by atoms with Crippen molar-refractivity contribution in [1.29, 1.82) is 5.26 Å². The number of ether oxygens (including phenoxy) is 5. The number of cyclic esters (lactones) is 1. The number of rotatable bonds is 12. The second kappa shape index (κ2) is 20.5. The predicted molar refractivity (Wildman–Crippen MR) is 227 cm³/mol. The van der Waals surface area contributed by atoms with Gasteiger partial charge in [0.05, 0.1) is 60.9 Å². The van der Waals surface area contributed by atoms with Crippen molar-refractivity contribution in [2.24, 2.45) is 22.7 Å². The smallest absolute Gasteiger partial charge is 0.315 e. The number of hydrogen-bond acceptors (Lipinski definition) is 9. The van der Waals surface area contributed by atoms with E-state index >= 15 is 0 Å². The highest BCUT2D eigenvalue weighted by Gasteiger charge is 2.46. The number of benzene rings is 2. The summed E-state index contributed by atoms with van der Waals surface area (Å²) in [6.07, 6.45) is 6.74. The maximum absolute atomic E-state index is 14.4. The van der Waals surface area contributed by atoms with Gasteiger partial charge in [-0.25, -0.2) is 8.78 Å². The highest BCUT2D eigenvalue weighted by Crippen LogP contribution is 2.45. The van der Waals surface area contributed by atoms with Crippen LogP contribution in [-0.4, -0.2) is 56.3 Å². The van der Waals surface area contributed by atoms with Crippen molar-refractivity contribution in [3.8, 4) is 17.6 Å². The summed E-state index contributed by atoms with van der Waals surface area (Å²) >= 11 is 11.8. The second-order valence-corrected chi connectivity index (χ2v) is 18.2. The average molecular weight is 867 g/mol. The molecule has 2 aromatic heterocycles. The van der Waals surface area contributed by atoms with E-state index in [1.165, 1.54) is 19.2 Å². The van der Waals surface area contributed by atoms with Crippen LogP contribution >= 0.6 is 23.2 Å². The zero-order valence-corrected chi connectivity index (χ0v) is 37.1. The SMILES string of the molecule is COc1cc(Cc2cccc(Cl)c2F)cnc1C(C#N)[C@H](COC1CCCCO1)C(C)(C)C.COc1cc(Cc2cccc(Cl)c2F)cnc1C1C(=O)OC[C@@H]1C(C)(C)C. The molecule has 2 saturated heterocycles. The van der Waals surface area contributed by atoms with Crippen molar-refractivity contribution >= 4 is 29.2 Å². The standard InChI is InChI=1S/C26H32ClFN2O3.C21H23ClFNO3/c1-26(2,3)20(16-33-23-10-5-6-11-32-23)19(14-29)25-22(31-4)13-17(15-30-25)12-18-8-7-9-21(27)24(18)28;1-21(2,3)14-11-27-20(25)17(14)19-16(26-4)9-12(10-24-19)8-13-6-5-7-15(22)18(13)23/h7-9,13,15,19-20,23H,5-6,10-12,16H2,1-4H3;5-7,9-10,14,17H,8,11H2,1-4H3/t19?,20-,23?;14-,17?/m00/s1. The Balaban J connectivity index is 0.000000232. The fourth-order valence-corrected chi connectivity index (χ4v) is 7.99. The summed E-state index contributed by atoms with van der Waals surface area (Å²) in [5.74, 6) is -1.29. The Morgan fingerprint density at radius 1 is 0.883 bits per heavy atom. The first-order valence-corrected chi connectivity index (χ1v) is 20.9. The van der Waals surface area contributed by atoms with Gasteiger partial charge in [0.1, 0.15) is 29.1 Å². The van der Waals surface area contributed by atoms with Crippen LogP contribution in [0, 0.1) is 45.6 Å². The number of carbonyl (C=O) groups excluding carboxylic acids is 1. The normalized spacial score (nSPS) is 19.1. The molecule has 9 nitrogen and oxygen atoms in total. The lowest BCUT2D eigenvalue weighted by atomic mass is 9.72. The van der Waals surface area contributed by atoms with Gasteiger partial charge in [0.25, 0.3) is 0 Å². The molecule has 6 rings (SSSR count). The third-order valence-corrected chi connectivity index (χ3v) is 11.8. The molecule has 2 aromatic carbocycles. The molecule has 60 heavy (non-hydrogen) atoms. The molecule has 0 bridgehead atoms. The topological polar surface area (TPSA) is 113 Å². The quantitative estimate of drug-likeness (QED) is 0.128. The molecule has 0 spiro atoms. The third kappa shape index (κ3) is 11.5. The first kappa shape index (κ1) is 46.7. The van der Waals surface area contributed by atoms with E-state index in [-0.39, 0.29) is 45.0 Å². The summed E-state index contributed by atoms with van der Waals surface area (Å²) < 4.78 is 56.8. The minimum atomic E-state index is -0.541. The van der Waals surface area contributed by atoms with Crippen molar-refractivity contribution in [2.75, 3.05) is 34.0 Å². The Morgan fingerprint density at radius 2 is 1.47 bits per heavy atom. The van der Waals surface area contributed by atoms with Crippen LogP contribution in [0.3, 0.4) is 0 Å². The summed E-state index contributed by atoms with van der Waals surface area (Å²) in [7, 11) is 3.09. The Hall–Kier alpha value is -4.34. The molecular formula is C47H55Cl2F2N3O6. The summed E-state index contributed by atoms with van der Waals surface area (Å²) in [6.45, 7) is 14.0. The number of esters is 1. The van der Waals surface area contributed by atoms with Gasteiger partial charge in [-0.2, -0.15) is 5.26 Å². The van der Waals surface area contributed by atoms with Gasteiger partial charge in [-0.3, -0.25) is 14.8 Å². The predicted octanol–water partition coefficient (Wildman–Crippen LogP) is 11.1. The lowest BCUT2D eigenvalue weighted by Gasteiger charge is -2.35. The number of pyridine rings is 2. The first-order chi connectivity index (χ1) is 28.5. The molecule has 4 aromatic rings. The molecule has 4 heterocycles. The summed E-state index contributed by atoms with van der Waals surface area (Å²) in [4.78, 5) is 21.5. The number of aromatic nitrogens is 2. The third-order valence-electron chi connectivity index (χ3n) is 11.2. The van der Waals surface area contributed by atoms with Gasteiger partial charge < -0.3 is 23.7 Å². The second-order valence-electron chi connectivity index (χ2n) is 17.4. The zero-order valence-electron chi connectivity index (χ0n) is 35.6. The van der Waals surface area contributed by atoms with Gasteiger partial charge in [-0.05, 0) is 76.6 Å². The van der Waals surface area contributed by atoms with Gasteiger partial charge >= 0.3 is 5.97 Å². The van der Waals surface area contributed by atoms with Gasteiger partial charge in [0.15, 0.2) is 6.29 Å². The number of nitrogens with zero attached hydrogens (tertiary/aromatic N) is 3. The van der Waals surface area contributed by atoms with Gasteiger partial charge in [-0.1, -0.05) is 89.0 Å². The largest absolute Gasteiger partial charge is 0.495 e. The lowest BCUT2D eigenvalue weighted by molar-refractivity contribution is -0.174. The fraction of sp³-hybridized carbons (Fsp3) is 0.489. The molecule has 0 radical (unpaired) electrons. The Morgan fingerprint density at radius 3 is 1.98 bits per heavy atom. The molecule has 0 N–H and O–H groups in total. The minimum absolute atomic E-state index is 0.00243. The molecule has 3 unspecified atom stereocenters. The molecule has 0 saturated carbocycles. The van der Waals surface area contributed by atoms with Crippen LogP contribution in [0.2, 0.25) is 10.0 Å². The Bertz CT molecular complexity index is 2150. The number of methoxy groups -OCH3 is 2.